The van der Waals surface area contributed by atoms with Crippen LogP contribution in [-0.2, 0) is 0 Å². The van der Waals surface area contributed by atoms with E-state index in [1.807, 2.05) is 31.2 Å². The number of hydrogen-bond donors (Lipinski definition) is 0. The van der Waals surface area contributed by atoms with E-state index in [0.717, 1.165) is 16.7 Å². The monoisotopic (exact) mass is 251 g/mol. The number of rotatable bonds is 3. The predicted octanol–water partition coefficient (Wildman–Crippen LogP) is 3.89. The van der Waals surface area contributed by atoms with Crippen molar-refractivity contribution < 1.29 is 4.79 Å². The molecule has 2 heteroatoms. The lowest BCUT2D eigenvalue weighted by Gasteiger charge is -2.27. The first-order valence-corrected chi connectivity index (χ1v) is 6.81. The van der Waals surface area contributed by atoms with Gasteiger partial charge in [-0.3, -0.25) is 9.78 Å². The van der Waals surface area contributed by atoms with Gasteiger partial charge in [0.05, 0.1) is 0 Å². The molecule has 0 amide bonds. The summed E-state index contributed by atoms with van der Waals surface area (Å²) < 4.78 is 0. The van der Waals surface area contributed by atoms with Crippen molar-refractivity contribution in [3.63, 3.8) is 0 Å². The van der Waals surface area contributed by atoms with Crippen molar-refractivity contribution in [2.75, 3.05) is 0 Å². The summed E-state index contributed by atoms with van der Waals surface area (Å²) in [6.07, 6.45) is 7.13. The minimum atomic E-state index is 0.127. The minimum absolute atomic E-state index is 0.127. The van der Waals surface area contributed by atoms with Crippen molar-refractivity contribution in [1.82, 2.24) is 4.98 Å². The average Bonchev–Trinajstić information content (AvgIpc) is 2.37. The maximum Gasteiger partial charge on any atom is 0.193 e. The SMILES string of the molecule is Cc1cnccc1C(=O)c1ccccc1C1CCC1. The van der Waals surface area contributed by atoms with Gasteiger partial charge in [0, 0.05) is 23.5 Å². The van der Waals surface area contributed by atoms with Crippen LogP contribution in [0.2, 0.25) is 0 Å². The Hall–Kier alpha value is -1.96. The third kappa shape index (κ3) is 2.19. The van der Waals surface area contributed by atoms with Crippen molar-refractivity contribution >= 4 is 5.78 Å². The van der Waals surface area contributed by atoms with Gasteiger partial charge in [0.15, 0.2) is 5.78 Å². The van der Waals surface area contributed by atoms with Crippen molar-refractivity contribution in [1.29, 1.82) is 0 Å². The van der Waals surface area contributed by atoms with Crippen LogP contribution in [0, 0.1) is 6.92 Å². The highest BCUT2D eigenvalue weighted by Crippen LogP contribution is 2.38. The molecule has 1 heterocycles. The third-order valence-electron chi connectivity index (χ3n) is 4.02. The van der Waals surface area contributed by atoms with Gasteiger partial charge < -0.3 is 0 Å². The van der Waals surface area contributed by atoms with Crippen LogP contribution in [0.3, 0.4) is 0 Å². The van der Waals surface area contributed by atoms with E-state index < -0.39 is 0 Å². The molecule has 0 unspecified atom stereocenters. The van der Waals surface area contributed by atoms with E-state index in [2.05, 4.69) is 11.1 Å². The van der Waals surface area contributed by atoms with Crippen molar-refractivity contribution in [2.45, 2.75) is 32.1 Å². The van der Waals surface area contributed by atoms with Gasteiger partial charge in [-0.25, -0.2) is 0 Å². The molecular weight excluding hydrogens is 234 g/mol. The first-order chi connectivity index (χ1) is 9.27. The molecule has 0 aliphatic heterocycles. The highest BCUT2D eigenvalue weighted by Gasteiger charge is 2.24. The first-order valence-electron chi connectivity index (χ1n) is 6.81. The number of aromatic nitrogens is 1. The summed E-state index contributed by atoms with van der Waals surface area (Å²) in [6.45, 7) is 1.94. The van der Waals surface area contributed by atoms with Gasteiger partial charge in [-0.15, -0.1) is 0 Å². The smallest absolute Gasteiger partial charge is 0.193 e. The number of carbonyl (C=O) groups excluding carboxylic acids is 1. The molecule has 2 nitrogen and oxygen atoms in total. The van der Waals surface area contributed by atoms with Crippen molar-refractivity contribution in [3.8, 4) is 0 Å². The number of ketones is 1. The normalized spacial score (nSPS) is 15.0. The van der Waals surface area contributed by atoms with E-state index in [1.165, 1.54) is 24.8 Å². The lowest BCUT2D eigenvalue weighted by atomic mass is 9.77. The van der Waals surface area contributed by atoms with Crippen LogP contribution in [0.1, 0.15) is 52.2 Å². The standard InChI is InChI=1S/C17H17NO/c1-12-11-18-10-9-14(12)17(19)16-8-3-2-7-15(16)13-5-4-6-13/h2-3,7-11,13H,4-6H2,1H3. The highest BCUT2D eigenvalue weighted by molar-refractivity contribution is 6.10. The summed E-state index contributed by atoms with van der Waals surface area (Å²) in [4.78, 5) is 16.8. The summed E-state index contributed by atoms with van der Waals surface area (Å²) in [6, 6.07) is 9.86. The van der Waals surface area contributed by atoms with Gasteiger partial charge in [-0.1, -0.05) is 30.7 Å². The molecule has 1 aliphatic rings. The zero-order chi connectivity index (χ0) is 13.2. The van der Waals surface area contributed by atoms with E-state index in [0.29, 0.717) is 5.92 Å². The number of pyridine rings is 1. The van der Waals surface area contributed by atoms with Gasteiger partial charge in [0.1, 0.15) is 0 Å². The quantitative estimate of drug-likeness (QED) is 0.775. The van der Waals surface area contributed by atoms with Crippen LogP contribution in [-0.4, -0.2) is 10.8 Å². The van der Waals surface area contributed by atoms with Gasteiger partial charge >= 0.3 is 0 Å². The van der Waals surface area contributed by atoms with Crippen LogP contribution in [0.15, 0.2) is 42.7 Å². The van der Waals surface area contributed by atoms with Crippen LogP contribution in [0.25, 0.3) is 0 Å². The number of aryl methyl sites for hydroxylation is 1. The van der Waals surface area contributed by atoms with Crippen molar-refractivity contribution in [2.24, 2.45) is 0 Å². The summed E-state index contributed by atoms with van der Waals surface area (Å²) in [5.41, 5.74) is 3.79. The molecule has 0 atom stereocenters. The Morgan fingerprint density at radius 1 is 1.16 bits per heavy atom. The van der Waals surface area contributed by atoms with Gasteiger partial charge in [-0.05, 0) is 42.9 Å². The Morgan fingerprint density at radius 2 is 1.95 bits per heavy atom. The lowest BCUT2D eigenvalue weighted by molar-refractivity contribution is 0.103. The summed E-state index contributed by atoms with van der Waals surface area (Å²) in [5, 5.41) is 0. The predicted molar refractivity (Wildman–Crippen MR) is 75.4 cm³/mol. The van der Waals surface area contributed by atoms with Gasteiger partial charge in [-0.2, -0.15) is 0 Å². The van der Waals surface area contributed by atoms with Crippen LogP contribution >= 0.6 is 0 Å². The largest absolute Gasteiger partial charge is 0.289 e. The van der Waals surface area contributed by atoms with Crippen LogP contribution in [0.5, 0.6) is 0 Å². The Balaban J connectivity index is 2.02. The number of nitrogens with zero attached hydrogens (tertiary/aromatic N) is 1. The maximum absolute atomic E-state index is 12.7. The molecule has 0 radical (unpaired) electrons. The fourth-order valence-electron chi connectivity index (χ4n) is 2.65. The fraction of sp³-hybridized carbons (Fsp3) is 0.294. The zero-order valence-corrected chi connectivity index (χ0v) is 11.1. The number of hydrogen-bond acceptors (Lipinski definition) is 2. The molecule has 3 rings (SSSR count). The van der Waals surface area contributed by atoms with Crippen LogP contribution < -0.4 is 0 Å². The summed E-state index contributed by atoms with van der Waals surface area (Å²) >= 11 is 0. The molecule has 0 spiro atoms. The van der Waals surface area contributed by atoms with Gasteiger partial charge in [0.2, 0.25) is 0 Å². The molecule has 0 N–H and O–H groups in total. The second-order valence-electron chi connectivity index (χ2n) is 5.23. The Morgan fingerprint density at radius 3 is 2.63 bits per heavy atom. The molecule has 1 aliphatic carbocycles. The van der Waals surface area contributed by atoms with E-state index >= 15 is 0 Å². The maximum atomic E-state index is 12.7. The average molecular weight is 251 g/mol. The molecule has 0 saturated heterocycles. The molecule has 1 fully saturated rings. The molecule has 0 bridgehead atoms. The number of benzene rings is 1. The van der Waals surface area contributed by atoms with E-state index in [1.54, 1.807) is 12.4 Å². The van der Waals surface area contributed by atoms with Crippen LogP contribution in [0.4, 0.5) is 0 Å². The summed E-state index contributed by atoms with van der Waals surface area (Å²) in [5.74, 6) is 0.699. The van der Waals surface area contributed by atoms with E-state index in [9.17, 15) is 4.79 Å². The van der Waals surface area contributed by atoms with Crippen molar-refractivity contribution in [3.05, 3.63) is 65.0 Å². The fourth-order valence-corrected chi connectivity index (χ4v) is 2.65. The van der Waals surface area contributed by atoms with E-state index in [-0.39, 0.29) is 5.78 Å². The second-order valence-corrected chi connectivity index (χ2v) is 5.23. The molecule has 1 aromatic heterocycles. The zero-order valence-electron chi connectivity index (χ0n) is 11.1. The number of carbonyl (C=O) groups is 1. The molecule has 1 saturated carbocycles. The minimum Gasteiger partial charge on any atom is -0.289 e. The Kier molecular flexibility index (Phi) is 3.16. The third-order valence-corrected chi connectivity index (χ3v) is 4.02. The molecule has 2 aromatic rings. The lowest BCUT2D eigenvalue weighted by Crippen LogP contribution is -2.15. The van der Waals surface area contributed by atoms with E-state index in [4.69, 9.17) is 0 Å². The Bertz CT molecular complexity index is 614. The first kappa shape index (κ1) is 12.1. The van der Waals surface area contributed by atoms with Gasteiger partial charge in [0.25, 0.3) is 0 Å². The molecular formula is C17H17NO. The molecule has 96 valence electrons. The summed E-state index contributed by atoms with van der Waals surface area (Å²) in [7, 11) is 0. The topological polar surface area (TPSA) is 30.0 Å². The second kappa shape index (κ2) is 4.96. The highest BCUT2D eigenvalue weighted by atomic mass is 16.1. The molecule has 1 aromatic carbocycles. The molecule has 19 heavy (non-hydrogen) atoms. The Labute approximate surface area is 113 Å².